The summed E-state index contributed by atoms with van der Waals surface area (Å²) in [7, 11) is 0. The number of β-amino-alcohol motifs (C(OH)–C–C–N with tert-alkyl or cyclic N) is 1. The normalized spacial score (nSPS) is 17.7. The number of carbonyl (C=O) groups is 2. The third-order valence-electron chi connectivity index (χ3n) is 6.25. The number of anilines is 2. The molecule has 2 amide bonds. The Kier molecular flexibility index (Phi) is 6.27. The maximum atomic E-state index is 13.1. The van der Waals surface area contributed by atoms with E-state index in [0.29, 0.717) is 36.8 Å². The highest BCUT2D eigenvalue weighted by atomic mass is 35.5. The van der Waals surface area contributed by atoms with Crippen molar-refractivity contribution in [2.45, 2.75) is 18.9 Å². The minimum absolute atomic E-state index is 0.0200. The third-order valence-corrected chi connectivity index (χ3v) is 6.56. The van der Waals surface area contributed by atoms with Crippen molar-refractivity contribution in [1.29, 1.82) is 0 Å². The Labute approximate surface area is 207 Å². The van der Waals surface area contributed by atoms with Crippen LogP contribution in [0.15, 0.2) is 48.8 Å². The van der Waals surface area contributed by atoms with Crippen LogP contribution in [0.1, 0.15) is 22.3 Å². The molecule has 0 bridgehead atoms. The molecule has 0 saturated carbocycles. The first-order valence-electron chi connectivity index (χ1n) is 11.3. The molecule has 0 radical (unpaired) electrons. The van der Waals surface area contributed by atoms with Gasteiger partial charge in [0, 0.05) is 29.4 Å². The highest BCUT2D eigenvalue weighted by molar-refractivity contribution is 6.33. The highest BCUT2D eigenvalue weighted by Crippen LogP contribution is 2.32. The van der Waals surface area contributed by atoms with Gasteiger partial charge in [-0.15, -0.1) is 0 Å². The summed E-state index contributed by atoms with van der Waals surface area (Å²) < 4.78 is 5.59. The largest absolute Gasteiger partial charge is 0.475 e. The number of fused-ring (bicyclic) bond motifs is 1. The summed E-state index contributed by atoms with van der Waals surface area (Å²) in [5.41, 5.74) is 9.27. The average molecular weight is 494 g/mol. The second-order valence-corrected chi connectivity index (χ2v) is 8.97. The number of nitrogens with zero attached hydrogens (tertiary/aromatic N) is 4. The lowest BCUT2D eigenvalue weighted by Crippen LogP contribution is -2.32. The van der Waals surface area contributed by atoms with E-state index in [1.807, 2.05) is 36.4 Å². The molecule has 5 rings (SSSR count). The summed E-state index contributed by atoms with van der Waals surface area (Å²) in [5, 5.41) is 10.2. The summed E-state index contributed by atoms with van der Waals surface area (Å²) >= 11 is 6.56. The van der Waals surface area contributed by atoms with E-state index in [0.717, 1.165) is 16.7 Å². The second-order valence-electron chi connectivity index (χ2n) is 8.56. The van der Waals surface area contributed by atoms with Crippen LogP contribution in [0.3, 0.4) is 0 Å². The first-order valence-corrected chi connectivity index (χ1v) is 11.7. The Bertz CT molecular complexity index is 1280. The lowest BCUT2D eigenvalue weighted by molar-refractivity contribution is -0.129. The van der Waals surface area contributed by atoms with Crippen LogP contribution in [-0.2, 0) is 11.2 Å². The summed E-state index contributed by atoms with van der Waals surface area (Å²) in [6.45, 7) is 1.58. The fourth-order valence-corrected chi connectivity index (χ4v) is 4.70. The molecule has 3 heterocycles. The molecular weight excluding hydrogens is 470 g/mol. The number of nitrogens with two attached hydrogens (primary N) is 1. The standard InChI is InChI=1S/C25H24ClN5O4/c26-20-11-15(12-21(33)30-8-7-18(32)13-30)1-6-19(20)16-2-4-17(5-3-16)31-9-10-35-24-22(25(31)34)23(27)28-14-29-24/h1-6,11,14,18,32H,7-10,12-13H2,(H2,27,28,29)/t18-/m1/s1. The molecule has 3 N–H and O–H groups in total. The van der Waals surface area contributed by atoms with Gasteiger partial charge in [0.15, 0.2) is 0 Å². The van der Waals surface area contributed by atoms with Crippen LogP contribution in [0.25, 0.3) is 11.1 Å². The van der Waals surface area contributed by atoms with E-state index in [4.69, 9.17) is 22.1 Å². The topological polar surface area (TPSA) is 122 Å². The van der Waals surface area contributed by atoms with Crippen molar-refractivity contribution in [3.8, 4) is 17.0 Å². The van der Waals surface area contributed by atoms with Crippen LogP contribution in [0.2, 0.25) is 5.02 Å². The Hall–Kier alpha value is -3.69. The molecule has 0 aliphatic carbocycles. The minimum Gasteiger partial charge on any atom is -0.475 e. The van der Waals surface area contributed by atoms with E-state index >= 15 is 0 Å². The van der Waals surface area contributed by atoms with Crippen molar-refractivity contribution in [2.75, 3.05) is 36.9 Å². The number of rotatable bonds is 4. The Morgan fingerprint density at radius 2 is 1.97 bits per heavy atom. The molecule has 0 unspecified atom stereocenters. The molecule has 9 nitrogen and oxygen atoms in total. The zero-order valence-electron chi connectivity index (χ0n) is 18.9. The van der Waals surface area contributed by atoms with E-state index in [1.54, 1.807) is 15.9 Å². The lowest BCUT2D eigenvalue weighted by atomic mass is 10.0. The number of benzene rings is 2. The molecule has 1 aromatic heterocycles. The monoisotopic (exact) mass is 493 g/mol. The lowest BCUT2D eigenvalue weighted by Gasteiger charge is -2.20. The first kappa shape index (κ1) is 23.1. The molecular formula is C25H24ClN5O4. The molecule has 1 saturated heterocycles. The van der Waals surface area contributed by atoms with E-state index in [1.165, 1.54) is 6.33 Å². The predicted molar refractivity (Wildman–Crippen MR) is 131 cm³/mol. The number of carbonyl (C=O) groups excluding carboxylic acids is 2. The quantitative estimate of drug-likeness (QED) is 0.572. The number of aliphatic hydroxyl groups is 1. The number of hydrogen-bond donors (Lipinski definition) is 2. The highest BCUT2D eigenvalue weighted by Gasteiger charge is 2.29. The summed E-state index contributed by atoms with van der Waals surface area (Å²) in [6.07, 6.45) is 1.68. The van der Waals surface area contributed by atoms with Gasteiger partial charge in [-0.3, -0.25) is 9.59 Å². The molecule has 0 spiro atoms. The van der Waals surface area contributed by atoms with Gasteiger partial charge >= 0.3 is 0 Å². The SMILES string of the molecule is Nc1ncnc2c1C(=O)N(c1ccc(-c3ccc(CC(=O)N4CC[C@@H](O)C4)cc3Cl)cc1)CCO2. The molecule has 35 heavy (non-hydrogen) atoms. The number of nitrogen functional groups attached to an aromatic ring is 1. The van der Waals surface area contributed by atoms with Gasteiger partial charge in [0.25, 0.3) is 5.91 Å². The van der Waals surface area contributed by atoms with Gasteiger partial charge < -0.3 is 25.4 Å². The smallest absolute Gasteiger partial charge is 0.267 e. The molecule has 2 aliphatic heterocycles. The Morgan fingerprint density at radius 3 is 2.69 bits per heavy atom. The number of likely N-dealkylation sites (tertiary alicyclic amines) is 1. The number of hydrogen-bond acceptors (Lipinski definition) is 7. The summed E-state index contributed by atoms with van der Waals surface area (Å²) in [5.74, 6) is -0.0722. The van der Waals surface area contributed by atoms with Gasteiger partial charge in [-0.25, -0.2) is 9.97 Å². The van der Waals surface area contributed by atoms with Crippen molar-refractivity contribution in [2.24, 2.45) is 0 Å². The predicted octanol–water partition coefficient (Wildman–Crippen LogP) is 2.55. The van der Waals surface area contributed by atoms with Gasteiger partial charge in [-0.2, -0.15) is 0 Å². The first-order chi connectivity index (χ1) is 16.9. The molecule has 10 heteroatoms. The van der Waals surface area contributed by atoms with E-state index in [2.05, 4.69) is 9.97 Å². The van der Waals surface area contributed by atoms with E-state index in [-0.39, 0.29) is 42.1 Å². The van der Waals surface area contributed by atoms with Crippen molar-refractivity contribution >= 4 is 34.9 Å². The van der Waals surface area contributed by atoms with Crippen molar-refractivity contribution < 1.29 is 19.4 Å². The molecule has 180 valence electrons. The van der Waals surface area contributed by atoms with Crippen LogP contribution in [-0.4, -0.2) is 64.1 Å². The maximum absolute atomic E-state index is 13.1. The van der Waals surface area contributed by atoms with Crippen LogP contribution < -0.4 is 15.4 Å². The Morgan fingerprint density at radius 1 is 1.17 bits per heavy atom. The molecule has 1 fully saturated rings. The Balaban J connectivity index is 1.33. The number of aromatic nitrogens is 2. The molecule has 2 aliphatic rings. The average Bonchev–Trinajstić information content (AvgIpc) is 3.20. The zero-order chi connectivity index (χ0) is 24.5. The summed E-state index contributed by atoms with van der Waals surface area (Å²) in [6, 6.07) is 13.0. The maximum Gasteiger partial charge on any atom is 0.267 e. The number of amides is 2. The third kappa shape index (κ3) is 4.65. The van der Waals surface area contributed by atoms with Crippen molar-refractivity contribution in [1.82, 2.24) is 14.9 Å². The van der Waals surface area contributed by atoms with Crippen molar-refractivity contribution in [3.63, 3.8) is 0 Å². The van der Waals surface area contributed by atoms with Gasteiger partial charge in [0.2, 0.25) is 11.8 Å². The van der Waals surface area contributed by atoms with Gasteiger partial charge in [0.05, 0.1) is 19.1 Å². The minimum atomic E-state index is -0.439. The van der Waals surface area contributed by atoms with Crippen LogP contribution >= 0.6 is 11.6 Å². The van der Waals surface area contributed by atoms with Gasteiger partial charge in [-0.05, 0) is 35.7 Å². The second kappa shape index (κ2) is 9.52. The number of halogens is 1. The van der Waals surface area contributed by atoms with E-state index < -0.39 is 6.10 Å². The van der Waals surface area contributed by atoms with E-state index in [9.17, 15) is 14.7 Å². The fraction of sp³-hybridized carbons (Fsp3) is 0.280. The zero-order valence-corrected chi connectivity index (χ0v) is 19.6. The number of ether oxygens (including phenoxy) is 1. The van der Waals surface area contributed by atoms with Crippen LogP contribution in [0, 0.1) is 0 Å². The molecule has 2 aromatic carbocycles. The molecule has 1 atom stereocenters. The van der Waals surface area contributed by atoms with Crippen LogP contribution in [0.5, 0.6) is 5.88 Å². The summed E-state index contributed by atoms with van der Waals surface area (Å²) in [4.78, 5) is 36.8. The molecule has 3 aromatic rings. The van der Waals surface area contributed by atoms with Crippen LogP contribution in [0.4, 0.5) is 11.5 Å². The van der Waals surface area contributed by atoms with Crippen molar-refractivity contribution in [3.05, 3.63) is 64.9 Å². The number of aliphatic hydroxyl groups excluding tert-OH is 1. The fourth-order valence-electron chi connectivity index (χ4n) is 4.39. The van der Waals surface area contributed by atoms with Gasteiger partial charge in [0.1, 0.15) is 24.3 Å². The van der Waals surface area contributed by atoms with Gasteiger partial charge in [-0.1, -0.05) is 35.9 Å².